The Morgan fingerprint density at radius 1 is 1.40 bits per heavy atom. The molecule has 1 amide bonds. The van der Waals surface area contributed by atoms with Crippen LogP contribution in [0.5, 0.6) is 0 Å². The summed E-state index contributed by atoms with van der Waals surface area (Å²) in [5.74, 6) is 0.0388. The summed E-state index contributed by atoms with van der Waals surface area (Å²) in [6.45, 7) is 7.17. The van der Waals surface area contributed by atoms with Crippen LogP contribution in [0.15, 0.2) is 55.4 Å². The molecule has 2 aromatic rings. The summed E-state index contributed by atoms with van der Waals surface area (Å²) < 4.78 is 1.64. The van der Waals surface area contributed by atoms with Gasteiger partial charge in [-0.15, -0.1) is 6.58 Å². The monoisotopic (exact) mass is 269 g/mol. The van der Waals surface area contributed by atoms with Gasteiger partial charge in [-0.05, 0) is 24.1 Å². The molecule has 0 aliphatic heterocycles. The van der Waals surface area contributed by atoms with E-state index in [9.17, 15) is 4.79 Å². The molecule has 4 nitrogen and oxygen atoms in total. The Morgan fingerprint density at radius 2 is 2.20 bits per heavy atom. The Kier molecular flexibility index (Phi) is 4.71. The SMILES string of the molecule is C=CCN(Cc1ccccc1C)C(=O)Cn1cccn1. The second-order valence-electron chi connectivity index (χ2n) is 4.69. The molecule has 0 spiro atoms. The van der Waals surface area contributed by atoms with E-state index >= 15 is 0 Å². The van der Waals surface area contributed by atoms with Crippen molar-refractivity contribution in [2.24, 2.45) is 0 Å². The van der Waals surface area contributed by atoms with Gasteiger partial charge in [-0.1, -0.05) is 30.3 Å². The van der Waals surface area contributed by atoms with Crippen molar-refractivity contribution in [3.05, 3.63) is 66.5 Å². The summed E-state index contributed by atoms with van der Waals surface area (Å²) >= 11 is 0. The molecule has 0 saturated heterocycles. The summed E-state index contributed by atoms with van der Waals surface area (Å²) in [6.07, 6.45) is 5.21. The first-order valence-corrected chi connectivity index (χ1v) is 6.61. The lowest BCUT2D eigenvalue weighted by Crippen LogP contribution is -2.33. The molecular weight excluding hydrogens is 250 g/mol. The quantitative estimate of drug-likeness (QED) is 0.755. The van der Waals surface area contributed by atoms with Crippen molar-refractivity contribution in [2.45, 2.75) is 20.0 Å². The molecule has 1 heterocycles. The third-order valence-electron chi connectivity index (χ3n) is 3.18. The van der Waals surface area contributed by atoms with Gasteiger partial charge in [0.1, 0.15) is 6.54 Å². The van der Waals surface area contributed by atoms with Gasteiger partial charge in [0.2, 0.25) is 5.91 Å². The number of carbonyl (C=O) groups is 1. The van der Waals surface area contributed by atoms with E-state index in [1.54, 1.807) is 28.1 Å². The van der Waals surface area contributed by atoms with Crippen LogP contribution in [0.25, 0.3) is 0 Å². The molecule has 0 saturated carbocycles. The van der Waals surface area contributed by atoms with Gasteiger partial charge >= 0.3 is 0 Å². The first-order chi connectivity index (χ1) is 9.70. The van der Waals surface area contributed by atoms with Crippen molar-refractivity contribution in [2.75, 3.05) is 6.54 Å². The Bertz CT molecular complexity index is 575. The summed E-state index contributed by atoms with van der Waals surface area (Å²) in [6, 6.07) is 9.91. The lowest BCUT2D eigenvalue weighted by molar-refractivity contribution is -0.132. The van der Waals surface area contributed by atoms with Gasteiger partial charge in [0.15, 0.2) is 0 Å². The normalized spacial score (nSPS) is 10.2. The van der Waals surface area contributed by atoms with E-state index in [1.165, 1.54) is 5.56 Å². The molecule has 0 aliphatic rings. The number of rotatable bonds is 6. The summed E-state index contributed by atoms with van der Waals surface area (Å²) in [5, 5.41) is 4.07. The first-order valence-electron chi connectivity index (χ1n) is 6.61. The minimum absolute atomic E-state index is 0.0388. The molecule has 2 rings (SSSR count). The zero-order chi connectivity index (χ0) is 14.4. The number of aryl methyl sites for hydroxylation is 1. The number of aromatic nitrogens is 2. The topological polar surface area (TPSA) is 38.1 Å². The van der Waals surface area contributed by atoms with Crippen molar-refractivity contribution < 1.29 is 4.79 Å². The molecule has 0 N–H and O–H groups in total. The van der Waals surface area contributed by atoms with E-state index in [2.05, 4.69) is 24.7 Å². The highest BCUT2D eigenvalue weighted by molar-refractivity contribution is 5.76. The minimum Gasteiger partial charge on any atom is -0.333 e. The molecule has 0 fully saturated rings. The fraction of sp³-hybridized carbons (Fsp3) is 0.250. The average Bonchev–Trinajstić information content (AvgIpc) is 2.93. The number of amides is 1. The van der Waals surface area contributed by atoms with E-state index in [0.717, 1.165) is 5.56 Å². The number of hydrogen-bond donors (Lipinski definition) is 0. The van der Waals surface area contributed by atoms with Gasteiger partial charge in [0.25, 0.3) is 0 Å². The van der Waals surface area contributed by atoms with Crippen molar-refractivity contribution in [1.29, 1.82) is 0 Å². The molecule has 0 atom stereocenters. The van der Waals surface area contributed by atoms with Crippen molar-refractivity contribution in [1.82, 2.24) is 14.7 Å². The Hall–Kier alpha value is -2.36. The van der Waals surface area contributed by atoms with Crippen molar-refractivity contribution in [3.63, 3.8) is 0 Å². The van der Waals surface area contributed by atoms with Gasteiger partial charge in [-0.2, -0.15) is 5.10 Å². The number of benzene rings is 1. The Balaban J connectivity index is 2.08. The highest BCUT2D eigenvalue weighted by Gasteiger charge is 2.14. The van der Waals surface area contributed by atoms with Crippen molar-refractivity contribution in [3.8, 4) is 0 Å². The fourth-order valence-corrected chi connectivity index (χ4v) is 2.04. The van der Waals surface area contributed by atoms with Crippen LogP contribution >= 0.6 is 0 Å². The highest BCUT2D eigenvalue weighted by atomic mass is 16.2. The second kappa shape index (κ2) is 6.70. The van der Waals surface area contributed by atoms with E-state index in [-0.39, 0.29) is 12.5 Å². The highest BCUT2D eigenvalue weighted by Crippen LogP contribution is 2.11. The third kappa shape index (κ3) is 3.57. The molecule has 0 radical (unpaired) electrons. The van der Waals surface area contributed by atoms with Crippen LogP contribution in [0.1, 0.15) is 11.1 Å². The molecule has 1 aromatic carbocycles. The average molecular weight is 269 g/mol. The van der Waals surface area contributed by atoms with Gasteiger partial charge in [0, 0.05) is 25.5 Å². The molecule has 104 valence electrons. The lowest BCUT2D eigenvalue weighted by atomic mass is 10.1. The largest absolute Gasteiger partial charge is 0.333 e. The van der Waals surface area contributed by atoms with Gasteiger partial charge in [0.05, 0.1) is 0 Å². The third-order valence-corrected chi connectivity index (χ3v) is 3.18. The van der Waals surface area contributed by atoms with Crippen LogP contribution in [0.3, 0.4) is 0 Å². The number of nitrogens with zero attached hydrogens (tertiary/aromatic N) is 3. The maximum Gasteiger partial charge on any atom is 0.244 e. The Morgan fingerprint density at radius 3 is 2.85 bits per heavy atom. The molecule has 4 heteroatoms. The Labute approximate surface area is 119 Å². The maximum absolute atomic E-state index is 12.3. The summed E-state index contributed by atoms with van der Waals surface area (Å²) in [4.78, 5) is 14.1. The zero-order valence-corrected chi connectivity index (χ0v) is 11.7. The summed E-state index contributed by atoms with van der Waals surface area (Å²) in [7, 11) is 0. The van der Waals surface area contributed by atoms with Crippen LogP contribution in [-0.2, 0) is 17.9 Å². The van der Waals surface area contributed by atoms with Crippen molar-refractivity contribution >= 4 is 5.91 Å². The van der Waals surface area contributed by atoms with Gasteiger partial charge in [-0.3, -0.25) is 9.48 Å². The molecule has 1 aromatic heterocycles. The van der Waals surface area contributed by atoms with E-state index < -0.39 is 0 Å². The van der Waals surface area contributed by atoms with Crippen LogP contribution < -0.4 is 0 Å². The standard InChI is InChI=1S/C16H19N3O/c1-3-10-18(12-15-8-5-4-7-14(15)2)16(20)13-19-11-6-9-17-19/h3-9,11H,1,10,12-13H2,2H3. The van der Waals surface area contributed by atoms with Crippen LogP contribution in [0, 0.1) is 6.92 Å². The van der Waals surface area contributed by atoms with E-state index in [1.807, 2.05) is 24.3 Å². The predicted molar refractivity (Wildman–Crippen MR) is 79.0 cm³/mol. The predicted octanol–water partition coefficient (Wildman–Crippen LogP) is 2.41. The number of carbonyl (C=O) groups excluding carboxylic acids is 1. The first kappa shape index (κ1) is 14.1. The molecule has 20 heavy (non-hydrogen) atoms. The van der Waals surface area contributed by atoms with Crippen LogP contribution in [0.2, 0.25) is 0 Å². The fourth-order valence-electron chi connectivity index (χ4n) is 2.04. The minimum atomic E-state index is 0.0388. The van der Waals surface area contributed by atoms with Crippen LogP contribution in [-0.4, -0.2) is 27.1 Å². The lowest BCUT2D eigenvalue weighted by Gasteiger charge is -2.22. The molecule has 0 aliphatic carbocycles. The van der Waals surface area contributed by atoms with Gasteiger partial charge in [-0.25, -0.2) is 0 Å². The van der Waals surface area contributed by atoms with Gasteiger partial charge < -0.3 is 4.90 Å². The maximum atomic E-state index is 12.3. The van der Waals surface area contributed by atoms with E-state index in [4.69, 9.17) is 0 Å². The van der Waals surface area contributed by atoms with E-state index in [0.29, 0.717) is 13.1 Å². The summed E-state index contributed by atoms with van der Waals surface area (Å²) in [5.41, 5.74) is 2.34. The van der Waals surface area contributed by atoms with Crippen LogP contribution in [0.4, 0.5) is 0 Å². The smallest absolute Gasteiger partial charge is 0.244 e. The number of hydrogen-bond acceptors (Lipinski definition) is 2. The molecular formula is C16H19N3O. The zero-order valence-electron chi connectivity index (χ0n) is 11.7. The molecule has 0 unspecified atom stereocenters. The second-order valence-corrected chi connectivity index (χ2v) is 4.69. The molecule has 0 bridgehead atoms.